The second kappa shape index (κ2) is 8.88. The van der Waals surface area contributed by atoms with Crippen LogP contribution in [0.15, 0.2) is 52.7 Å². The number of nitrogen functional groups attached to an aromatic ring is 1. The number of hydrogen-bond acceptors (Lipinski definition) is 8. The van der Waals surface area contributed by atoms with Crippen LogP contribution < -0.4 is 28.2 Å². The number of alkyl halides is 3. The van der Waals surface area contributed by atoms with Crippen LogP contribution in [0.25, 0.3) is 0 Å². The second-order valence-corrected chi connectivity index (χ2v) is 7.06. The van der Waals surface area contributed by atoms with E-state index < -0.39 is 29.5 Å². The molecule has 0 saturated carbocycles. The monoisotopic (exact) mass is 464 g/mol. The van der Waals surface area contributed by atoms with E-state index in [2.05, 4.69) is 15.7 Å². The van der Waals surface area contributed by atoms with Gasteiger partial charge in [-0.05, 0) is 37.3 Å². The summed E-state index contributed by atoms with van der Waals surface area (Å²) in [7, 11) is 0. The summed E-state index contributed by atoms with van der Waals surface area (Å²) in [4.78, 5) is 17.2. The number of nitrogens with zero attached hydrogens (tertiary/aromatic N) is 2. The lowest BCUT2D eigenvalue weighted by Crippen LogP contribution is -2.53. The van der Waals surface area contributed by atoms with E-state index >= 15 is 0 Å². The van der Waals surface area contributed by atoms with Crippen LogP contribution in [0.5, 0.6) is 0 Å². The molecule has 174 valence electrons. The molecule has 0 spiro atoms. The SMILES string of the molecule is CC1=C(C(=O)Nc2ccc(N)c(C=N)c2)C(c2ccc(C(F)(F)F)cc2F)N(N)C(NN)=N1. The summed E-state index contributed by atoms with van der Waals surface area (Å²) in [6.45, 7) is 1.44. The van der Waals surface area contributed by atoms with E-state index in [0.717, 1.165) is 17.3 Å². The summed E-state index contributed by atoms with van der Waals surface area (Å²) in [5.41, 5.74) is 7.39. The zero-order chi connectivity index (χ0) is 24.5. The van der Waals surface area contributed by atoms with E-state index in [4.69, 9.17) is 22.8 Å². The molecule has 33 heavy (non-hydrogen) atoms. The Bertz CT molecular complexity index is 1180. The summed E-state index contributed by atoms with van der Waals surface area (Å²) in [5.74, 6) is 9.33. The average molecular weight is 464 g/mol. The van der Waals surface area contributed by atoms with Crippen molar-refractivity contribution in [2.45, 2.75) is 19.1 Å². The van der Waals surface area contributed by atoms with Gasteiger partial charge in [0.2, 0.25) is 5.96 Å². The molecule has 0 bridgehead atoms. The number of guanidine groups is 1. The molecule has 9 N–H and O–H groups in total. The maximum absolute atomic E-state index is 14.8. The van der Waals surface area contributed by atoms with E-state index in [0.29, 0.717) is 23.4 Å². The summed E-state index contributed by atoms with van der Waals surface area (Å²) < 4.78 is 53.8. The third-order valence-electron chi connectivity index (χ3n) is 4.96. The average Bonchev–Trinajstić information content (AvgIpc) is 2.75. The fourth-order valence-corrected chi connectivity index (χ4v) is 3.34. The minimum absolute atomic E-state index is 0.106. The predicted molar refractivity (Wildman–Crippen MR) is 115 cm³/mol. The molecule has 2 aromatic rings. The van der Waals surface area contributed by atoms with Crippen LogP contribution in [0.2, 0.25) is 0 Å². The zero-order valence-corrected chi connectivity index (χ0v) is 17.2. The van der Waals surface area contributed by atoms with E-state index in [1.54, 1.807) is 0 Å². The summed E-state index contributed by atoms with van der Waals surface area (Å²) >= 11 is 0. The Morgan fingerprint density at radius 2 is 1.94 bits per heavy atom. The molecule has 0 fully saturated rings. The van der Waals surface area contributed by atoms with Crippen molar-refractivity contribution in [1.82, 2.24) is 10.4 Å². The Labute approximate surface area is 185 Å². The lowest BCUT2D eigenvalue weighted by Gasteiger charge is -2.35. The zero-order valence-electron chi connectivity index (χ0n) is 17.2. The highest BCUT2D eigenvalue weighted by molar-refractivity contribution is 6.07. The lowest BCUT2D eigenvalue weighted by atomic mass is 9.93. The molecular weight excluding hydrogens is 444 g/mol. The minimum atomic E-state index is -4.76. The molecule has 9 nitrogen and oxygen atoms in total. The molecule has 1 aliphatic rings. The van der Waals surface area contributed by atoms with Gasteiger partial charge in [-0.25, -0.2) is 21.1 Å². The smallest absolute Gasteiger partial charge is 0.398 e. The van der Waals surface area contributed by atoms with Gasteiger partial charge in [-0.1, -0.05) is 6.07 Å². The van der Waals surface area contributed by atoms with Gasteiger partial charge in [0.1, 0.15) is 11.9 Å². The highest BCUT2D eigenvalue weighted by atomic mass is 19.4. The first-order valence-electron chi connectivity index (χ1n) is 9.36. The van der Waals surface area contributed by atoms with Gasteiger partial charge in [-0.2, -0.15) is 13.2 Å². The number of halogens is 4. The molecule has 13 heteroatoms. The van der Waals surface area contributed by atoms with Gasteiger partial charge in [0.05, 0.1) is 16.8 Å². The molecule has 2 aromatic carbocycles. The number of nitrogens with one attached hydrogen (secondary N) is 3. The molecule has 0 radical (unpaired) electrons. The largest absolute Gasteiger partial charge is 0.416 e. The molecule has 3 rings (SSSR count). The Balaban J connectivity index is 2.07. The van der Waals surface area contributed by atoms with Crippen molar-refractivity contribution in [3.8, 4) is 0 Å². The highest BCUT2D eigenvalue weighted by Gasteiger charge is 2.38. The third kappa shape index (κ3) is 4.63. The van der Waals surface area contributed by atoms with Gasteiger partial charge < -0.3 is 16.5 Å². The van der Waals surface area contributed by atoms with Gasteiger partial charge in [0, 0.05) is 28.7 Å². The Morgan fingerprint density at radius 3 is 2.52 bits per heavy atom. The number of anilines is 2. The Hall–Kier alpha value is -3.97. The van der Waals surface area contributed by atoms with Crippen molar-refractivity contribution < 1.29 is 22.4 Å². The first kappa shape index (κ1) is 23.7. The second-order valence-electron chi connectivity index (χ2n) is 7.06. The number of hydrazine groups is 2. The van der Waals surface area contributed by atoms with Gasteiger partial charge in [-0.3, -0.25) is 15.2 Å². The molecule has 1 atom stereocenters. The topological polar surface area (TPSA) is 159 Å². The molecule has 0 aliphatic carbocycles. The van der Waals surface area contributed by atoms with E-state index in [-0.39, 0.29) is 28.5 Å². The lowest BCUT2D eigenvalue weighted by molar-refractivity contribution is -0.137. The quantitative estimate of drug-likeness (QED) is 0.134. The van der Waals surface area contributed by atoms with E-state index in [1.165, 1.54) is 25.1 Å². The van der Waals surface area contributed by atoms with Crippen LogP contribution in [-0.4, -0.2) is 23.1 Å². The maximum Gasteiger partial charge on any atom is 0.416 e. The van der Waals surface area contributed by atoms with Crippen LogP contribution in [-0.2, 0) is 11.0 Å². The number of rotatable bonds is 4. The van der Waals surface area contributed by atoms with Crippen LogP contribution in [0.3, 0.4) is 0 Å². The van der Waals surface area contributed by atoms with Crippen molar-refractivity contribution in [2.24, 2.45) is 16.7 Å². The summed E-state index contributed by atoms with van der Waals surface area (Å²) in [6, 6.07) is 4.98. The molecule has 0 aromatic heterocycles. The number of hydrogen-bond donors (Lipinski definition) is 6. The maximum atomic E-state index is 14.8. The number of benzene rings is 2. The van der Waals surface area contributed by atoms with Crippen LogP contribution in [0.1, 0.15) is 29.7 Å². The highest BCUT2D eigenvalue weighted by Crippen LogP contribution is 2.37. The Kier molecular flexibility index (Phi) is 6.37. The van der Waals surface area contributed by atoms with Gasteiger partial charge in [0.25, 0.3) is 5.91 Å². The molecule has 1 amide bonds. The van der Waals surface area contributed by atoms with Gasteiger partial charge in [-0.15, -0.1) is 0 Å². The van der Waals surface area contributed by atoms with Crippen molar-refractivity contribution in [1.29, 1.82) is 5.41 Å². The minimum Gasteiger partial charge on any atom is -0.398 e. The fraction of sp³-hybridized carbons (Fsp3) is 0.150. The Morgan fingerprint density at radius 1 is 1.24 bits per heavy atom. The molecule has 0 saturated heterocycles. The third-order valence-corrected chi connectivity index (χ3v) is 4.96. The molecule has 1 heterocycles. The van der Waals surface area contributed by atoms with Crippen LogP contribution in [0, 0.1) is 11.2 Å². The number of nitrogens with two attached hydrogens (primary N) is 3. The molecule has 1 aliphatic heterocycles. The summed E-state index contributed by atoms with van der Waals surface area (Å²) in [6.07, 6.45) is -3.75. The number of carbonyl (C=O) groups is 1. The number of aliphatic imine (C=N–C) groups is 1. The first-order chi connectivity index (χ1) is 15.5. The van der Waals surface area contributed by atoms with Crippen molar-refractivity contribution in [2.75, 3.05) is 11.1 Å². The first-order valence-corrected chi connectivity index (χ1v) is 9.36. The molecular formula is C20H20F4N8O. The fourth-order valence-electron chi connectivity index (χ4n) is 3.34. The van der Waals surface area contributed by atoms with Crippen molar-refractivity contribution in [3.63, 3.8) is 0 Å². The predicted octanol–water partition coefficient (Wildman–Crippen LogP) is 2.39. The van der Waals surface area contributed by atoms with Crippen LogP contribution in [0.4, 0.5) is 28.9 Å². The van der Waals surface area contributed by atoms with Crippen molar-refractivity contribution >= 4 is 29.5 Å². The van der Waals surface area contributed by atoms with Gasteiger partial charge >= 0.3 is 6.18 Å². The van der Waals surface area contributed by atoms with E-state index in [9.17, 15) is 22.4 Å². The van der Waals surface area contributed by atoms with E-state index in [1.807, 2.05) is 0 Å². The summed E-state index contributed by atoms with van der Waals surface area (Å²) in [5, 5.41) is 10.8. The standard InChI is InChI=1S/C20H20F4N8O/c1-9-16(18(33)30-12-3-5-15(26)10(6-12)8-25)17(32(28)19(29-9)31-27)13-4-2-11(7-14(13)21)20(22,23)24/h2-8,17,25H,26-28H2,1H3,(H,29,31)(H,30,33). The number of allylic oxidation sites excluding steroid dienone is 1. The number of amides is 1. The number of carbonyl (C=O) groups excluding carboxylic acids is 1. The van der Waals surface area contributed by atoms with Crippen molar-refractivity contribution in [3.05, 3.63) is 70.2 Å². The van der Waals surface area contributed by atoms with Gasteiger partial charge in [0.15, 0.2) is 0 Å². The van der Waals surface area contributed by atoms with Crippen LogP contribution >= 0.6 is 0 Å². The molecule has 1 unspecified atom stereocenters. The normalized spacial score (nSPS) is 16.4.